The molecule has 0 fully saturated rings. The predicted molar refractivity (Wildman–Crippen MR) is 98.5 cm³/mol. The molecule has 0 bridgehead atoms. The summed E-state index contributed by atoms with van der Waals surface area (Å²) in [5.41, 5.74) is 1.74. The highest BCUT2D eigenvalue weighted by atomic mass is 79.9. The Balaban J connectivity index is 2.48. The van der Waals surface area contributed by atoms with Gasteiger partial charge in [-0.1, -0.05) is 77.6 Å². The van der Waals surface area contributed by atoms with Gasteiger partial charge in [0, 0.05) is 25.6 Å². The first-order valence-electron chi connectivity index (χ1n) is 6.33. The second kappa shape index (κ2) is 7.58. The molecule has 0 aromatic heterocycles. The monoisotopic (exact) mass is 496 g/mol. The van der Waals surface area contributed by atoms with Gasteiger partial charge in [0.2, 0.25) is 0 Å². The molecule has 0 atom stereocenters. The third-order valence-electron chi connectivity index (χ3n) is 3.49. The minimum absolute atomic E-state index is 0.231. The number of alkyl halides is 2. The summed E-state index contributed by atoms with van der Waals surface area (Å²) < 4.78 is 14.4. The normalized spacial score (nSPS) is 11.7. The van der Waals surface area contributed by atoms with Crippen molar-refractivity contribution < 1.29 is 4.39 Å². The molecule has 112 valence electrons. The first-order chi connectivity index (χ1) is 10.0. The Bertz CT molecular complexity index is 627. The summed E-state index contributed by atoms with van der Waals surface area (Å²) in [6.45, 7) is 0. The van der Waals surface area contributed by atoms with Crippen molar-refractivity contribution in [1.29, 1.82) is 0 Å². The van der Waals surface area contributed by atoms with E-state index in [9.17, 15) is 4.39 Å². The number of hydrogen-bond donors (Lipinski definition) is 0. The summed E-state index contributed by atoms with van der Waals surface area (Å²) in [7, 11) is 0. The van der Waals surface area contributed by atoms with Crippen LogP contribution in [0, 0.1) is 5.82 Å². The minimum atomic E-state index is -0.241. The number of hydrogen-bond acceptors (Lipinski definition) is 0. The van der Waals surface area contributed by atoms with Crippen LogP contribution in [0.5, 0.6) is 0 Å². The van der Waals surface area contributed by atoms with E-state index in [0.717, 1.165) is 31.3 Å². The molecule has 0 amide bonds. The van der Waals surface area contributed by atoms with Crippen LogP contribution < -0.4 is 0 Å². The average molecular weight is 499 g/mol. The van der Waals surface area contributed by atoms with Crippen molar-refractivity contribution in [2.75, 3.05) is 10.7 Å². The first-order valence-corrected chi connectivity index (χ1v) is 9.74. The Labute approximate surface area is 154 Å². The summed E-state index contributed by atoms with van der Waals surface area (Å²) in [6, 6.07) is 12.6. The fourth-order valence-corrected chi connectivity index (χ4v) is 4.96. The summed E-state index contributed by atoms with van der Waals surface area (Å²) in [5, 5.41) is 2.17. The lowest BCUT2D eigenvalue weighted by molar-refractivity contribution is 0.545. The maximum Gasteiger partial charge on any atom is 0.123 e. The number of benzene rings is 2. The van der Waals surface area contributed by atoms with E-state index in [4.69, 9.17) is 11.6 Å². The van der Waals surface area contributed by atoms with Gasteiger partial charge in [-0.2, -0.15) is 0 Å². The molecule has 5 heteroatoms. The standard InChI is InChI=1S/C16H13Br3ClF/c17-9-16(10-18,13-3-1-2-4-15(13)20)8-11-7-12(21)5-6-14(11)19/h1-7H,8-10H2. The molecule has 0 radical (unpaired) electrons. The predicted octanol–water partition coefficient (Wildman–Crippen LogP) is 6.51. The second-order valence-electron chi connectivity index (χ2n) is 4.94. The molecule has 21 heavy (non-hydrogen) atoms. The van der Waals surface area contributed by atoms with Crippen LogP contribution in [0.3, 0.4) is 0 Å². The van der Waals surface area contributed by atoms with Crippen LogP contribution in [0.1, 0.15) is 11.1 Å². The topological polar surface area (TPSA) is 0 Å². The smallest absolute Gasteiger partial charge is 0.123 e. The molecule has 0 spiro atoms. The van der Waals surface area contributed by atoms with Crippen LogP contribution in [0.25, 0.3) is 0 Å². The second-order valence-corrected chi connectivity index (χ2v) is 7.32. The maximum atomic E-state index is 13.5. The molecule has 0 aliphatic heterocycles. The largest absolute Gasteiger partial charge is 0.207 e. The van der Waals surface area contributed by atoms with E-state index in [1.165, 1.54) is 6.07 Å². The van der Waals surface area contributed by atoms with Gasteiger partial charge in [-0.05, 0) is 41.8 Å². The van der Waals surface area contributed by atoms with Crippen molar-refractivity contribution in [3.05, 3.63) is 68.9 Å². The average Bonchev–Trinajstić information content (AvgIpc) is 2.49. The molecule has 2 aromatic rings. The quantitative estimate of drug-likeness (QED) is 0.412. The van der Waals surface area contributed by atoms with Crippen molar-refractivity contribution in [2.24, 2.45) is 0 Å². The van der Waals surface area contributed by atoms with Gasteiger partial charge in [0.15, 0.2) is 0 Å². The Kier molecular flexibility index (Phi) is 6.30. The highest BCUT2D eigenvalue weighted by molar-refractivity contribution is 9.10. The minimum Gasteiger partial charge on any atom is -0.207 e. The Morgan fingerprint density at radius 1 is 1.05 bits per heavy atom. The van der Waals surface area contributed by atoms with Gasteiger partial charge in [-0.15, -0.1) is 0 Å². The molecule has 0 heterocycles. The summed E-state index contributed by atoms with van der Waals surface area (Å²) in [4.78, 5) is 0. The lowest BCUT2D eigenvalue weighted by Crippen LogP contribution is -2.33. The summed E-state index contributed by atoms with van der Waals surface area (Å²) in [5.74, 6) is -0.231. The molecule has 0 saturated heterocycles. The highest BCUT2D eigenvalue weighted by Gasteiger charge is 2.33. The van der Waals surface area contributed by atoms with Crippen molar-refractivity contribution in [3.63, 3.8) is 0 Å². The molecular formula is C16H13Br3ClF. The number of rotatable bonds is 5. The van der Waals surface area contributed by atoms with E-state index in [-0.39, 0.29) is 11.2 Å². The molecule has 0 aliphatic rings. The van der Waals surface area contributed by atoms with E-state index in [0.29, 0.717) is 6.42 Å². The Hall–Kier alpha value is 0.1000. The molecule has 2 rings (SSSR count). The number of halogens is 5. The molecule has 0 saturated carbocycles. The van der Waals surface area contributed by atoms with E-state index in [1.54, 1.807) is 12.1 Å². The molecule has 0 N–H and O–H groups in total. The van der Waals surface area contributed by atoms with Crippen molar-refractivity contribution in [2.45, 2.75) is 11.8 Å². The van der Waals surface area contributed by atoms with E-state index in [2.05, 4.69) is 47.8 Å². The van der Waals surface area contributed by atoms with Crippen LogP contribution in [0.4, 0.5) is 4.39 Å². The fraction of sp³-hybridized carbons (Fsp3) is 0.250. The third kappa shape index (κ3) is 3.90. The van der Waals surface area contributed by atoms with Crippen LogP contribution in [-0.4, -0.2) is 10.7 Å². The molecule has 2 aromatic carbocycles. The van der Waals surface area contributed by atoms with E-state index >= 15 is 0 Å². The molecule has 0 unspecified atom stereocenters. The molecule has 0 aliphatic carbocycles. The van der Waals surface area contributed by atoms with Crippen molar-refractivity contribution in [3.8, 4) is 0 Å². The van der Waals surface area contributed by atoms with Gasteiger partial charge < -0.3 is 0 Å². The van der Waals surface area contributed by atoms with Crippen LogP contribution in [0.2, 0.25) is 5.02 Å². The first kappa shape index (κ1) is 17.5. The van der Waals surface area contributed by atoms with E-state index in [1.807, 2.05) is 24.3 Å². The third-order valence-corrected chi connectivity index (χ3v) is 6.74. The van der Waals surface area contributed by atoms with Gasteiger partial charge in [-0.3, -0.25) is 0 Å². The van der Waals surface area contributed by atoms with Crippen molar-refractivity contribution in [1.82, 2.24) is 0 Å². The Morgan fingerprint density at radius 3 is 2.33 bits per heavy atom. The SMILES string of the molecule is Fc1ccc(Br)c(CC(CBr)(CBr)c2ccccc2Cl)c1. The lowest BCUT2D eigenvalue weighted by Gasteiger charge is -2.32. The summed E-state index contributed by atoms with van der Waals surface area (Å²) >= 11 is 17.1. The van der Waals surface area contributed by atoms with Gasteiger partial charge in [0.25, 0.3) is 0 Å². The zero-order valence-corrected chi connectivity index (χ0v) is 16.6. The zero-order valence-electron chi connectivity index (χ0n) is 11.1. The van der Waals surface area contributed by atoms with E-state index < -0.39 is 0 Å². The Morgan fingerprint density at radius 2 is 1.71 bits per heavy atom. The highest BCUT2D eigenvalue weighted by Crippen LogP contribution is 2.38. The summed E-state index contributed by atoms with van der Waals surface area (Å²) in [6.07, 6.45) is 0.672. The van der Waals surface area contributed by atoms with Gasteiger partial charge >= 0.3 is 0 Å². The van der Waals surface area contributed by atoms with Gasteiger partial charge in [0.05, 0.1) is 0 Å². The van der Waals surface area contributed by atoms with Gasteiger partial charge in [0.1, 0.15) is 5.82 Å². The lowest BCUT2D eigenvalue weighted by atomic mass is 9.79. The van der Waals surface area contributed by atoms with Gasteiger partial charge in [-0.25, -0.2) is 4.39 Å². The van der Waals surface area contributed by atoms with Crippen molar-refractivity contribution >= 4 is 59.4 Å². The fourth-order valence-electron chi connectivity index (χ4n) is 2.30. The van der Waals surface area contributed by atoms with Crippen LogP contribution in [0.15, 0.2) is 46.9 Å². The zero-order chi connectivity index (χ0) is 15.5. The maximum absolute atomic E-state index is 13.5. The molecular weight excluding hydrogens is 486 g/mol. The van der Waals surface area contributed by atoms with Crippen LogP contribution in [-0.2, 0) is 11.8 Å². The van der Waals surface area contributed by atoms with Crippen LogP contribution >= 0.6 is 59.4 Å². The molecule has 0 nitrogen and oxygen atoms in total.